The normalized spacial score (nSPS) is 16.3. The van der Waals surface area contributed by atoms with Gasteiger partial charge in [0, 0.05) is 19.4 Å². The number of nitrogens with one attached hydrogen (secondary N) is 3. The summed E-state index contributed by atoms with van der Waals surface area (Å²) in [5.41, 5.74) is 0.794. The Kier molecular flexibility index (Phi) is 10.8. The monoisotopic (exact) mass is 566 g/mol. The molecule has 0 radical (unpaired) electrons. The molecule has 11 nitrogen and oxygen atoms in total. The average molecular weight is 567 g/mol. The largest absolute Gasteiger partial charge is 0.480 e. The number of rotatable bonds is 11. The molecule has 2 aromatic rings. The lowest BCUT2D eigenvalue weighted by molar-refractivity contribution is -0.144. The van der Waals surface area contributed by atoms with Gasteiger partial charge in [-0.3, -0.25) is 14.4 Å². The molecule has 0 unspecified atom stereocenters. The van der Waals surface area contributed by atoms with Gasteiger partial charge in [0.05, 0.1) is 6.54 Å². The second-order valence-corrected chi connectivity index (χ2v) is 10.9. The predicted octanol–water partition coefficient (Wildman–Crippen LogP) is 2.04. The van der Waals surface area contributed by atoms with Crippen molar-refractivity contribution in [3.05, 3.63) is 71.8 Å². The molecule has 1 aliphatic heterocycles. The zero-order valence-electron chi connectivity index (χ0n) is 23.6. The van der Waals surface area contributed by atoms with Crippen LogP contribution >= 0.6 is 0 Å². The third-order valence-electron chi connectivity index (χ3n) is 6.48. The maximum Gasteiger partial charge on any atom is 0.408 e. The van der Waals surface area contributed by atoms with E-state index in [1.54, 1.807) is 45.0 Å². The minimum atomic E-state index is -1.17. The fraction of sp³-hybridized carbons (Fsp3) is 0.433. The average Bonchev–Trinajstić information content (AvgIpc) is 3.41. The molecule has 4 amide bonds. The van der Waals surface area contributed by atoms with Gasteiger partial charge < -0.3 is 30.7 Å². The van der Waals surface area contributed by atoms with Crippen LogP contribution in [0.4, 0.5) is 4.79 Å². The number of ether oxygens (including phenoxy) is 1. The summed E-state index contributed by atoms with van der Waals surface area (Å²) in [6.45, 7) is 5.03. The van der Waals surface area contributed by atoms with E-state index in [-0.39, 0.29) is 12.8 Å². The summed E-state index contributed by atoms with van der Waals surface area (Å²) in [5.74, 6) is -2.80. The van der Waals surface area contributed by atoms with E-state index < -0.39 is 60.1 Å². The van der Waals surface area contributed by atoms with Crippen molar-refractivity contribution < 1.29 is 33.8 Å². The first-order valence-electron chi connectivity index (χ1n) is 13.6. The summed E-state index contributed by atoms with van der Waals surface area (Å²) >= 11 is 0. The molecule has 2 aromatic carbocycles. The van der Waals surface area contributed by atoms with Gasteiger partial charge in [-0.15, -0.1) is 0 Å². The number of alkyl carbamates (subject to hydrolysis) is 1. The lowest BCUT2D eigenvalue weighted by Gasteiger charge is -2.26. The van der Waals surface area contributed by atoms with Crippen molar-refractivity contribution in [1.82, 2.24) is 20.9 Å². The minimum Gasteiger partial charge on any atom is -0.480 e. The van der Waals surface area contributed by atoms with Crippen LogP contribution in [0.15, 0.2) is 60.7 Å². The number of amides is 4. The van der Waals surface area contributed by atoms with E-state index in [2.05, 4.69) is 16.0 Å². The van der Waals surface area contributed by atoms with Crippen molar-refractivity contribution in [1.29, 1.82) is 0 Å². The maximum atomic E-state index is 13.1. The van der Waals surface area contributed by atoms with Crippen LogP contribution in [0.25, 0.3) is 0 Å². The summed E-state index contributed by atoms with van der Waals surface area (Å²) in [6.07, 6.45) is 0.448. The van der Waals surface area contributed by atoms with Crippen molar-refractivity contribution in [3.63, 3.8) is 0 Å². The van der Waals surface area contributed by atoms with E-state index in [4.69, 9.17) is 4.74 Å². The van der Waals surface area contributed by atoms with Gasteiger partial charge in [0.15, 0.2) is 0 Å². The highest BCUT2D eigenvalue weighted by Gasteiger charge is 2.36. The van der Waals surface area contributed by atoms with Crippen molar-refractivity contribution in [2.24, 2.45) is 0 Å². The number of hydrogen-bond donors (Lipinski definition) is 4. The third-order valence-corrected chi connectivity index (χ3v) is 6.48. The molecular formula is C30H38N4O7. The van der Waals surface area contributed by atoms with Crippen molar-refractivity contribution in [3.8, 4) is 0 Å². The van der Waals surface area contributed by atoms with Gasteiger partial charge in [0.2, 0.25) is 17.7 Å². The van der Waals surface area contributed by atoms with Crippen LogP contribution in [-0.2, 0) is 36.8 Å². The van der Waals surface area contributed by atoms with Crippen molar-refractivity contribution >= 4 is 29.8 Å². The Labute approximate surface area is 239 Å². The second-order valence-electron chi connectivity index (χ2n) is 10.9. The zero-order chi connectivity index (χ0) is 30.0. The number of nitrogens with zero attached hydrogens (tertiary/aromatic N) is 1. The van der Waals surface area contributed by atoms with Crippen LogP contribution in [-0.4, -0.2) is 76.6 Å². The first-order chi connectivity index (χ1) is 19.4. The number of hydrogen-bond acceptors (Lipinski definition) is 6. The molecular weight excluding hydrogens is 528 g/mol. The molecule has 3 atom stereocenters. The summed E-state index contributed by atoms with van der Waals surface area (Å²) in [5, 5.41) is 17.4. The van der Waals surface area contributed by atoms with Gasteiger partial charge in [0.25, 0.3) is 0 Å². The number of likely N-dealkylation sites (tertiary alicyclic amines) is 1. The van der Waals surface area contributed by atoms with Gasteiger partial charge in [-0.25, -0.2) is 9.59 Å². The number of carbonyl (C=O) groups excluding carboxylic acids is 4. The van der Waals surface area contributed by atoms with Crippen LogP contribution in [0.5, 0.6) is 0 Å². The summed E-state index contributed by atoms with van der Waals surface area (Å²) < 4.78 is 5.30. The molecule has 1 fully saturated rings. The highest BCUT2D eigenvalue weighted by atomic mass is 16.6. The molecule has 1 saturated heterocycles. The number of carboxylic acids is 1. The molecule has 3 rings (SSSR count). The van der Waals surface area contributed by atoms with Crippen molar-refractivity contribution in [2.75, 3.05) is 13.1 Å². The van der Waals surface area contributed by atoms with Crippen LogP contribution in [0.1, 0.15) is 44.7 Å². The number of carboxylic acid groups (broad SMARTS) is 1. The lowest BCUT2D eigenvalue weighted by atomic mass is 10.1. The number of carbonyl (C=O) groups is 5. The topological polar surface area (TPSA) is 154 Å². The SMILES string of the molecule is CC(C)(C)OC(=O)N[C@@H](Cc1ccccc1)C(=O)NCC(=O)N1CCC[C@H]1C(=O)N[C@@H](Cc1ccccc1)C(=O)O. The third kappa shape index (κ3) is 9.93. The highest BCUT2D eigenvalue weighted by molar-refractivity contribution is 5.93. The number of aliphatic carboxylic acids is 1. The summed E-state index contributed by atoms with van der Waals surface area (Å²) in [6, 6.07) is 15.0. The van der Waals surface area contributed by atoms with Gasteiger partial charge >= 0.3 is 12.1 Å². The lowest BCUT2D eigenvalue weighted by Crippen LogP contribution is -2.54. The molecule has 41 heavy (non-hydrogen) atoms. The first-order valence-corrected chi connectivity index (χ1v) is 13.6. The van der Waals surface area contributed by atoms with E-state index in [9.17, 15) is 29.1 Å². The Morgan fingerprint density at radius 2 is 1.46 bits per heavy atom. The van der Waals surface area contributed by atoms with Crippen molar-refractivity contribution in [2.45, 2.75) is 70.2 Å². The van der Waals surface area contributed by atoms with Gasteiger partial charge in [-0.05, 0) is 44.7 Å². The standard InChI is InChI=1S/C30H38N4O7/c1-30(2,3)41-29(40)33-22(17-20-11-6-4-7-12-20)26(36)31-19-25(35)34-16-10-15-24(34)27(37)32-23(28(38)39)18-21-13-8-5-9-14-21/h4-9,11-14,22-24H,10,15-19H2,1-3H3,(H,31,36)(H,32,37)(H,33,40)(H,38,39)/t22-,23-,24-/m0/s1. The van der Waals surface area contributed by atoms with Crippen LogP contribution in [0.3, 0.4) is 0 Å². The predicted molar refractivity (Wildman–Crippen MR) is 151 cm³/mol. The molecule has 11 heteroatoms. The molecule has 4 N–H and O–H groups in total. The first kappa shape index (κ1) is 31.1. The van der Waals surface area contributed by atoms with Gasteiger partial charge in [0.1, 0.15) is 23.7 Å². The second kappa shape index (κ2) is 14.3. The molecule has 0 aliphatic carbocycles. The Morgan fingerprint density at radius 1 is 0.902 bits per heavy atom. The molecule has 1 heterocycles. The summed E-state index contributed by atoms with van der Waals surface area (Å²) in [4.78, 5) is 64.8. The Morgan fingerprint density at radius 3 is 2.00 bits per heavy atom. The highest BCUT2D eigenvalue weighted by Crippen LogP contribution is 2.18. The maximum absolute atomic E-state index is 13.1. The van der Waals surface area contributed by atoms with Gasteiger partial charge in [-0.1, -0.05) is 60.7 Å². The molecule has 0 spiro atoms. The Balaban J connectivity index is 1.61. The molecule has 1 aliphatic rings. The minimum absolute atomic E-state index is 0.103. The summed E-state index contributed by atoms with van der Waals surface area (Å²) in [7, 11) is 0. The number of benzene rings is 2. The fourth-order valence-electron chi connectivity index (χ4n) is 4.55. The van der Waals surface area contributed by atoms with Crippen LogP contribution in [0.2, 0.25) is 0 Å². The Bertz CT molecular complexity index is 1210. The molecule has 0 bridgehead atoms. The van der Waals surface area contributed by atoms with Crippen LogP contribution < -0.4 is 16.0 Å². The molecule has 0 aromatic heterocycles. The van der Waals surface area contributed by atoms with E-state index >= 15 is 0 Å². The zero-order valence-corrected chi connectivity index (χ0v) is 23.6. The quantitative estimate of drug-likeness (QED) is 0.325. The molecule has 220 valence electrons. The molecule has 0 saturated carbocycles. The van der Waals surface area contributed by atoms with Crippen LogP contribution in [0, 0.1) is 0 Å². The van der Waals surface area contributed by atoms with E-state index in [1.165, 1.54) is 4.90 Å². The van der Waals surface area contributed by atoms with E-state index in [1.807, 2.05) is 36.4 Å². The Hall–Kier alpha value is -4.41. The smallest absolute Gasteiger partial charge is 0.408 e. The van der Waals surface area contributed by atoms with E-state index in [0.717, 1.165) is 11.1 Å². The van der Waals surface area contributed by atoms with E-state index in [0.29, 0.717) is 19.4 Å². The van der Waals surface area contributed by atoms with Gasteiger partial charge in [-0.2, -0.15) is 0 Å². The fourth-order valence-corrected chi connectivity index (χ4v) is 4.55.